The van der Waals surface area contributed by atoms with Gasteiger partial charge in [-0.15, -0.1) is 0 Å². The van der Waals surface area contributed by atoms with Gasteiger partial charge in [-0.1, -0.05) is 37.3 Å². The number of carbonyl (C=O) groups is 4. The third-order valence-corrected chi connectivity index (χ3v) is 9.07. The zero-order chi connectivity index (χ0) is 28.8. The Morgan fingerprint density at radius 2 is 1.93 bits per heavy atom. The van der Waals surface area contributed by atoms with E-state index in [1.54, 1.807) is 13.8 Å². The van der Waals surface area contributed by atoms with Crippen molar-refractivity contribution in [2.24, 2.45) is 16.7 Å². The Bertz CT molecular complexity index is 1360. The molecule has 0 spiro atoms. The molecule has 0 bridgehead atoms. The smallest absolute Gasteiger partial charge is 0.340 e. The van der Waals surface area contributed by atoms with Gasteiger partial charge in [0.25, 0.3) is 0 Å². The van der Waals surface area contributed by atoms with Gasteiger partial charge in [0.1, 0.15) is 18.0 Å². The average Bonchev–Trinajstić information content (AvgIpc) is 3.20. The molecule has 2 fully saturated rings. The van der Waals surface area contributed by atoms with Gasteiger partial charge in [0.15, 0.2) is 5.76 Å². The lowest BCUT2D eigenvalue weighted by Gasteiger charge is -2.53. The van der Waals surface area contributed by atoms with Crippen LogP contribution in [0.3, 0.4) is 0 Å². The van der Waals surface area contributed by atoms with E-state index in [0.29, 0.717) is 31.4 Å². The molecule has 9 heteroatoms. The van der Waals surface area contributed by atoms with E-state index in [9.17, 15) is 24.3 Å². The van der Waals surface area contributed by atoms with Crippen molar-refractivity contribution in [3.8, 4) is 0 Å². The fraction of sp³-hybridized carbons (Fsp3) is 0.484. The van der Waals surface area contributed by atoms with Crippen molar-refractivity contribution in [3.05, 3.63) is 70.1 Å². The molecule has 1 saturated carbocycles. The van der Waals surface area contributed by atoms with Gasteiger partial charge in [-0.2, -0.15) is 0 Å². The number of cyclic esters (lactones) is 1. The number of aliphatic hydroxyl groups is 1. The van der Waals surface area contributed by atoms with Crippen LogP contribution >= 0.6 is 0 Å². The number of methoxy groups -OCH3 is 1. The predicted octanol–water partition coefficient (Wildman–Crippen LogP) is 3.29. The topological polar surface area (TPSA) is 128 Å². The number of carbonyl (C=O) groups excluding carboxylic acids is 4. The maximum Gasteiger partial charge on any atom is 0.340 e. The molecule has 2 N–H and O–H groups in total. The standard InChI is InChI=1S/C31H35NO8/c1-17(33)39-21-14-30(2)20(10-11-22(30)34)24-26(21)31(3)23(16-38-4)40-29(37)19(25(31)28(36)27(24)35)15-32-13-12-18-8-6-5-7-9-18/h5-9,15,20-21,23,32,36H,10-14,16H2,1-4H3/b19-15-/t20-,21+,23?,30-,31-/m0/s1. The molecule has 5 rings (SSSR count). The first-order valence-corrected chi connectivity index (χ1v) is 13.6. The number of nitrogens with one attached hydrogen (secondary N) is 1. The van der Waals surface area contributed by atoms with Gasteiger partial charge >= 0.3 is 11.9 Å². The summed E-state index contributed by atoms with van der Waals surface area (Å²) in [4.78, 5) is 52.6. The highest BCUT2D eigenvalue weighted by molar-refractivity contribution is 6.14. The van der Waals surface area contributed by atoms with Crippen LogP contribution in [-0.2, 0) is 39.8 Å². The minimum absolute atomic E-state index is 0.000126. The molecule has 5 atom stereocenters. The maximum atomic E-state index is 14.0. The molecule has 0 radical (unpaired) electrons. The first-order valence-electron chi connectivity index (χ1n) is 13.6. The van der Waals surface area contributed by atoms with Gasteiger partial charge in [-0.25, -0.2) is 4.79 Å². The molecule has 3 aliphatic carbocycles. The number of benzene rings is 1. The summed E-state index contributed by atoms with van der Waals surface area (Å²) in [6.07, 6.45) is 1.27. The van der Waals surface area contributed by atoms with E-state index in [0.717, 1.165) is 5.56 Å². The van der Waals surface area contributed by atoms with Crippen LogP contribution in [-0.4, -0.2) is 61.1 Å². The van der Waals surface area contributed by atoms with E-state index in [4.69, 9.17) is 14.2 Å². The molecular formula is C31H35NO8. The molecule has 1 aromatic rings. The number of aliphatic hydroxyl groups excluding tert-OH is 1. The number of allylic oxidation sites excluding steroid dienone is 1. The fourth-order valence-corrected chi connectivity index (χ4v) is 7.13. The second-order valence-electron chi connectivity index (χ2n) is 11.4. The second-order valence-corrected chi connectivity index (χ2v) is 11.4. The third-order valence-electron chi connectivity index (χ3n) is 9.07. The molecular weight excluding hydrogens is 514 g/mol. The Labute approximate surface area is 233 Å². The molecule has 40 heavy (non-hydrogen) atoms. The van der Waals surface area contributed by atoms with Crippen molar-refractivity contribution in [3.63, 3.8) is 0 Å². The Hall–Kier alpha value is -3.72. The monoisotopic (exact) mass is 549 g/mol. The lowest BCUT2D eigenvalue weighted by Crippen LogP contribution is -2.57. The van der Waals surface area contributed by atoms with Gasteiger partial charge in [0.05, 0.1) is 17.6 Å². The van der Waals surface area contributed by atoms with Crippen molar-refractivity contribution in [2.45, 2.75) is 58.7 Å². The SMILES string of the molecule is COCC1OC(=O)/C(=C\NCCc2ccccc2)C2=C(O)C(=O)C3=C([C@H](OC(C)=O)C[C@]4(C)C(=O)CC[C@@H]34)[C@]21C. The third kappa shape index (κ3) is 4.27. The Balaban J connectivity index is 1.62. The number of rotatable bonds is 7. The highest BCUT2D eigenvalue weighted by Gasteiger charge is 2.64. The molecule has 1 aliphatic heterocycles. The van der Waals surface area contributed by atoms with Crippen LogP contribution < -0.4 is 5.32 Å². The van der Waals surface area contributed by atoms with E-state index < -0.39 is 52.4 Å². The number of hydrogen-bond donors (Lipinski definition) is 2. The lowest BCUT2D eigenvalue weighted by molar-refractivity contribution is -0.160. The molecule has 1 aromatic carbocycles. The molecule has 0 aromatic heterocycles. The molecule has 0 amide bonds. The van der Waals surface area contributed by atoms with Crippen molar-refractivity contribution in [1.82, 2.24) is 5.32 Å². The van der Waals surface area contributed by atoms with Crippen molar-refractivity contribution in [2.75, 3.05) is 20.3 Å². The lowest BCUT2D eigenvalue weighted by atomic mass is 9.53. The van der Waals surface area contributed by atoms with E-state index in [1.807, 2.05) is 30.3 Å². The van der Waals surface area contributed by atoms with Crippen LogP contribution in [0.25, 0.3) is 0 Å². The molecule has 1 unspecified atom stereocenters. The minimum Gasteiger partial charge on any atom is -0.504 e. The summed E-state index contributed by atoms with van der Waals surface area (Å²) in [6, 6.07) is 9.82. The maximum absolute atomic E-state index is 14.0. The highest BCUT2D eigenvalue weighted by Crippen LogP contribution is 2.62. The summed E-state index contributed by atoms with van der Waals surface area (Å²) >= 11 is 0. The summed E-state index contributed by atoms with van der Waals surface area (Å²) in [6.45, 7) is 5.33. The number of ketones is 2. The Morgan fingerprint density at radius 1 is 1.20 bits per heavy atom. The van der Waals surface area contributed by atoms with Crippen LogP contribution in [0, 0.1) is 16.7 Å². The van der Waals surface area contributed by atoms with E-state index >= 15 is 0 Å². The first kappa shape index (κ1) is 27.8. The van der Waals surface area contributed by atoms with Gasteiger partial charge in [0.2, 0.25) is 5.78 Å². The van der Waals surface area contributed by atoms with Crippen molar-refractivity contribution < 1.29 is 38.5 Å². The number of esters is 2. The largest absolute Gasteiger partial charge is 0.504 e. The molecule has 9 nitrogen and oxygen atoms in total. The Morgan fingerprint density at radius 3 is 2.60 bits per heavy atom. The van der Waals surface area contributed by atoms with Crippen LogP contribution in [0.1, 0.15) is 45.6 Å². The van der Waals surface area contributed by atoms with Crippen molar-refractivity contribution >= 4 is 23.5 Å². The summed E-state index contributed by atoms with van der Waals surface area (Å²) in [5, 5.41) is 14.6. The average molecular weight is 550 g/mol. The molecule has 1 saturated heterocycles. The second kappa shape index (κ2) is 10.4. The summed E-state index contributed by atoms with van der Waals surface area (Å²) in [7, 11) is 1.47. The predicted molar refractivity (Wildman–Crippen MR) is 144 cm³/mol. The molecule has 212 valence electrons. The van der Waals surface area contributed by atoms with Crippen LogP contribution in [0.4, 0.5) is 0 Å². The number of fused-ring (bicyclic) bond motifs is 4. The van der Waals surface area contributed by atoms with Crippen LogP contribution in [0.5, 0.6) is 0 Å². The zero-order valence-electron chi connectivity index (χ0n) is 23.2. The van der Waals surface area contributed by atoms with Gasteiger partial charge in [0, 0.05) is 62.1 Å². The Kier molecular flexibility index (Phi) is 7.20. The minimum atomic E-state index is -1.25. The number of hydrogen-bond acceptors (Lipinski definition) is 9. The van der Waals surface area contributed by atoms with Gasteiger partial charge in [-0.3, -0.25) is 14.4 Å². The normalized spacial score (nSPS) is 32.5. The van der Waals surface area contributed by atoms with Crippen LogP contribution in [0.15, 0.2) is 64.6 Å². The summed E-state index contributed by atoms with van der Waals surface area (Å²) < 4.78 is 17.1. The number of Topliss-reactive ketones (excluding diaryl/α,β-unsaturated/α-hetero) is 2. The van der Waals surface area contributed by atoms with E-state index in [-0.39, 0.29) is 35.5 Å². The van der Waals surface area contributed by atoms with Gasteiger partial charge < -0.3 is 24.6 Å². The van der Waals surface area contributed by atoms with Crippen molar-refractivity contribution in [1.29, 1.82) is 0 Å². The van der Waals surface area contributed by atoms with Crippen LogP contribution in [0.2, 0.25) is 0 Å². The zero-order valence-corrected chi connectivity index (χ0v) is 23.2. The van der Waals surface area contributed by atoms with E-state index in [1.165, 1.54) is 20.2 Å². The fourth-order valence-electron chi connectivity index (χ4n) is 7.13. The molecule has 4 aliphatic rings. The first-order chi connectivity index (χ1) is 19.0. The molecule has 1 heterocycles. The number of ether oxygens (including phenoxy) is 3. The summed E-state index contributed by atoms with van der Waals surface area (Å²) in [5.74, 6) is -2.92. The highest BCUT2D eigenvalue weighted by atomic mass is 16.6. The van der Waals surface area contributed by atoms with E-state index in [2.05, 4.69) is 5.32 Å². The summed E-state index contributed by atoms with van der Waals surface area (Å²) in [5.41, 5.74) is -0.160. The van der Waals surface area contributed by atoms with Gasteiger partial charge in [-0.05, 0) is 30.9 Å². The quantitative estimate of drug-likeness (QED) is 0.299.